The van der Waals surface area contributed by atoms with Crippen molar-refractivity contribution in [2.45, 2.75) is 37.8 Å². The van der Waals surface area contributed by atoms with E-state index in [4.69, 9.17) is 21.1 Å². The van der Waals surface area contributed by atoms with Gasteiger partial charge in [0.2, 0.25) is 11.8 Å². The van der Waals surface area contributed by atoms with Gasteiger partial charge in [-0.15, -0.1) is 0 Å². The van der Waals surface area contributed by atoms with E-state index in [2.05, 4.69) is 36.2 Å². The molecule has 308 valence electrons. The van der Waals surface area contributed by atoms with Crippen LogP contribution in [-0.4, -0.2) is 112 Å². The van der Waals surface area contributed by atoms with Crippen LogP contribution < -0.4 is 26.0 Å². The molecule has 0 spiro atoms. The van der Waals surface area contributed by atoms with Crippen molar-refractivity contribution in [1.29, 1.82) is 0 Å². The van der Waals surface area contributed by atoms with E-state index in [0.29, 0.717) is 77.6 Å². The number of nitrogens with one attached hydrogen (secondary N) is 5. The number of aromatic amines is 1. The standard InChI is InChI=1S/C42H40ClN9O8/c43-30-21-26(60-25-5-2-1-3-6-25)9-10-27(30)36(54)29-22-46-37-35(29)38(48-23-47-37)49-24-13-17-51(18-14-24)42(58)45-16-20-59-19-15-44-31-8-4-7-28-34(31)41(57)52(40(28)56)32-11-12-33(53)50-39(32)55/h1-10,21-24,32,44H,11-20H2,(H,45,58)(H,50,53,55)(H2,46,47,48,49). The molecule has 18 heteroatoms. The number of likely N-dealkylation sites (tertiary alicyclic amines) is 1. The number of urea groups is 1. The molecule has 3 aliphatic heterocycles. The van der Waals surface area contributed by atoms with Crippen LogP contribution in [0, 0.1) is 0 Å². The number of rotatable bonds is 14. The van der Waals surface area contributed by atoms with Crippen molar-refractivity contribution >= 4 is 69.6 Å². The molecule has 2 saturated heterocycles. The van der Waals surface area contributed by atoms with Crippen molar-refractivity contribution in [1.82, 2.24) is 35.4 Å². The van der Waals surface area contributed by atoms with Crippen LogP contribution in [0.15, 0.2) is 79.3 Å². The first-order chi connectivity index (χ1) is 29.2. The molecule has 5 heterocycles. The Morgan fingerprint density at radius 3 is 2.45 bits per heavy atom. The summed E-state index contributed by atoms with van der Waals surface area (Å²) in [5, 5.41) is 12.5. The molecule has 0 radical (unpaired) electrons. The van der Waals surface area contributed by atoms with Crippen molar-refractivity contribution in [3.8, 4) is 11.5 Å². The summed E-state index contributed by atoms with van der Waals surface area (Å²) >= 11 is 6.59. The number of carbonyl (C=O) groups excluding carboxylic acids is 6. The average molecular weight is 834 g/mol. The fraction of sp³-hybridized carbons (Fsp3) is 0.286. The van der Waals surface area contributed by atoms with Gasteiger partial charge in [0.1, 0.15) is 35.3 Å². The van der Waals surface area contributed by atoms with Crippen molar-refractivity contribution in [3.63, 3.8) is 0 Å². The summed E-state index contributed by atoms with van der Waals surface area (Å²) in [5.41, 5.74) is 1.97. The van der Waals surface area contributed by atoms with Gasteiger partial charge in [0, 0.05) is 62.2 Å². The van der Waals surface area contributed by atoms with E-state index >= 15 is 0 Å². The Labute approximate surface area is 348 Å². The smallest absolute Gasteiger partial charge is 0.317 e. The lowest BCUT2D eigenvalue weighted by molar-refractivity contribution is -0.136. The van der Waals surface area contributed by atoms with Crippen LogP contribution in [0.5, 0.6) is 11.5 Å². The van der Waals surface area contributed by atoms with Gasteiger partial charge in [-0.1, -0.05) is 35.9 Å². The van der Waals surface area contributed by atoms with E-state index in [0.717, 1.165) is 4.90 Å². The minimum atomic E-state index is -1.05. The minimum Gasteiger partial charge on any atom is -0.457 e. The second-order valence-electron chi connectivity index (χ2n) is 14.4. The molecule has 2 fully saturated rings. The van der Waals surface area contributed by atoms with Crippen molar-refractivity contribution < 1.29 is 38.2 Å². The zero-order chi connectivity index (χ0) is 41.8. The highest BCUT2D eigenvalue weighted by molar-refractivity contribution is 6.36. The fourth-order valence-corrected chi connectivity index (χ4v) is 7.81. The quantitative estimate of drug-likeness (QED) is 0.0582. The molecule has 5 N–H and O–H groups in total. The van der Waals surface area contributed by atoms with Crippen molar-refractivity contribution in [2.75, 3.05) is 50.0 Å². The molecule has 1 unspecified atom stereocenters. The molecule has 1 atom stereocenters. The molecule has 3 aliphatic rings. The molecule has 17 nitrogen and oxygen atoms in total. The summed E-state index contributed by atoms with van der Waals surface area (Å²) in [6.45, 7) is 2.09. The van der Waals surface area contributed by atoms with Gasteiger partial charge in [-0.2, -0.15) is 0 Å². The fourth-order valence-electron chi connectivity index (χ4n) is 7.55. The zero-order valence-electron chi connectivity index (χ0n) is 32.2. The topological polar surface area (TPSA) is 217 Å². The molecule has 0 saturated carbocycles. The van der Waals surface area contributed by atoms with Gasteiger partial charge in [-0.3, -0.25) is 34.2 Å². The third-order valence-corrected chi connectivity index (χ3v) is 10.9. The van der Waals surface area contributed by atoms with Crippen LogP contribution in [-0.2, 0) is 14.3 Å². The molecule has 2 aromatic heterocycles. The Kier molecular flexibility index (Phi) is 11.7. The first-order valence-electron chi connectivity index (χ1n) is 19.5. The largest absolute Gasteiger partial charge is 0.457 e. The Morgan fingerprint density at radius 2 is 1.67 bits per heavy atom. The van der Waals surface area contributed by atoms with E-state index in [1.54, 1.807) is 41.4 Å². The van der Waals surface area contributed by atoms with Crippen LogP contribution in [0.3, 0.4) is 0 Å². The Hall–Kier alpha value is -6.85. The van der Waals surface area contributed by atoms with E-state index in [9.17, 15) is 28.8 Å². The first kappa shape index (κ1) is 40.0. The number of ether oxygens (including phenoxy) is 2. The van der Waals surface area contributed by atoms with Gasteiger partial charge in [0.15, 0.2) is 5.78 Å². The number of para-hydroxylation sites is 1. The van der Waals surface area contributed by atoms with E-state index < -0.39 is 29.7 Å². The number of amides is 6. The lowest BCUT2D eigenvalue weighted by Crippen LogP contribution is -2.54. The lowest BCUT2D eigenvalue weighted by atomic mass is 10.0. The van der Waals surface area contributed by atoms with Crippen molar-refractivity contribution in [3.05, 3.63) is 107 Å². The van der Waals surface area contributed by atoms with Gasteiger partial charge < -0.3 is 35.3 Å². The van der Waals surface area contributed by atoms with Crippen LogP contribution in [0.2, 0.25) is 5.02 Å². The van der Waals surface area contributed by atoms with E-state index in [1.165, 1.54) is 12.4 Å². The number of ketones is 1. The molecule has 6 amide bonds. The Balaban J connectivity index is 0.777. The van der Waals surface area contributed by atoms with Crippen LogP contribution >= 0.6 is 11.6 Å². The van der Waals surface area contributed by atoms with Crippen LogP contribution in [0.25, 0.3) is 11.0 Å². The number of fused-ring (bicyclic) bond motifs is 2. The highest BCUT2D eigenvalue weighted by Crippen LogP contribution is 2.34. The maximum Gasteiger partial charge on any atom is 0.317 e. The summed E-state index contributed by atoms with van der Waals surface area (Å²) in [6.07, 6.45) is 4.43. The maximum absolute atomic E-state index is 13.8. The highest BCUT2D eigenvalue weighted by atomic mass is 35.5. The van der Waals surface area contributed by atoms with Crippen LogP contribution in [0.1, 0.15) is 62.3 Å². The first-order valence-corrected chi connectivity index (χ1v) is 19.9. The number of hydrogen-bond acceptors (Lipinski definition) is 12. The van der Waals surface area contributed by atoms with Crippen LogP contribution in [0.4, 0.5) is 16.3 Å². The monoisotopic (exact) mass is 833 g/mol. The summed E-state index contributed by atoms with van der Waals surface area (Å²) < 4.78 is 11.6. The number of benzene rings is 3. The summed E-state index contributed by atoms with van der Waals surface area (Å²) in [7, 11) is 0. The third kappa shape index (κ3) is 8.35. The van der Waals surface area contributed by atoms with E-state index in [-0.39, 0.29) is 66.6 Å². The number of carbonyl (C=O) groups is 6. The van der Waals surface area contributed by atoms with Gasteiger partial charge in [0.25, 0.3) is 11.8 Å². The number of imide groups is 2. The number of anilines is 2. The molecule has 8 rings (SSSR count). The minimum absolute atomic E-state index is 0.0152. The second kappa shape index (κ2) is 17.6. The zero-order valence-corrected chi connectivity index (χ0v) is 32.9. The van der Waals surface area contributed by atoms with Gasteiger partial charge in [-0.05, 0) is 55.7 Å². The Bertz CT molecular complexity index is 2490. The SMILES string of the molecule is O=C1CCC(N2C(=O)c3cccc(NCCOCCNC(=O)N4CCC(Nc5ncnc6[nH]cc(C(=O)c7ccc(Oc8ccccc8)cc7Cl)c56)CC4)c3C2=O)C(=O)N1. The summed E-state index contributed by atoms with van der Waals surface area (Å²) in [4.78, 5) is 91.6. The molecule has 0 bridgehead atoms. The number of aromatic nitrogens is 3. The summed E-state index contributed by atoms with van der Waals surface area (Å²) in [5.74, 6) is -0.914. The predicted molar refractivity (Wildman–Crippen MR) is 219 cm³/mol. The third-order valence-electron chi connectivity index (χ3n) is 10.6. The molecule has 60 heavy (non-hydrogen) atoms. The molecular formula is C42H40ClN9O8. The normalized spacial score (nSPS) is 16.8. The second-order valence-corrected chi connectivity index (χ2v) is 14.8. The average Bonchev–Trinajstić information content (AvgIpc) is 3.80. The Morgan fingerprint density at radius 1 is 0.867 bits per heavy atom. The number of nitrogens with zero attached hydrogens (tertiary/aromatic N) is 4. The number of piperidine rings is 2. The number of H-pyrrole nitrogens is 1. The van der Waals surface area contributed by atoms with E-state index in [1.807, 2.05) is 30.3 Å². The lowest BCUT2D eigenvalue weighted by Gasteiger charge is -2.32. The predicted octanol–water partition coefficient (Wildman–Crippen LogP) is 4.75. The molecular weight excluding hydrogens is 794 g/mol. The maximum atomic E-state index is 13.8. The number of halogens is 1. The van der Waals surface area contributed by atoms with Crippen molar-refractivity contribution in [2.24, 2.45) is 0 Å². The summed E-state index contributed by atoms with van der Waals surface area (Å²) in [6, 6.07) is 17.8. The van der Waals surface area contributed by atoms with Gasteiger partial charge in [-0.25, -0.2) is 14.8 Å². The number of hydrogen-bond donors (Lipinski definition) is 5. The van der Waals surface area contributed by atoms with Gasteiger partial charge in [0.05, 0.1) is 40.3 Å². The molecule has 5 aromatic rings. The highest BCUT2D eigenvalue weighted by Gasteiger charge is 2.45. The van der Waals surface area contributed by atoms with Gasteiger partial charge >= 0.3 is 6.03 Å². The molecule has 3 aromatic carbocycles. The molecule has 0 aliphatic carbocycles.